The Kier molecular flexibility index (Phi) is 7.28. The fourth-order valence-electron chi connectivity index (χ4n) is 5.20. The molecule has 1 N–H and O–H groups in total. The summed E-state index contributed by atoms with van der Waals surface area (Å²) in [6.45, 7) is 4.66. The minimum absolute atomic E-state index is 0.0431. The lowest BCUT2D eigenvalue weighted by atomic mass is 9.94. The van der Waals surface area contributed by atoms with E-state index >= 15 is 0 Å². The Bertz CT molecular complexity index is 1260. The lowest BCUT2D eigenvalue weighted by Crippen LogP contribution is -2.42. The van der Waals surface area contributed by atoms with Crippen LogP contribution in [-0.2, 0) is 20.8 Å². The number of likely N-dealkylation sites (tertiary alicyclic amines) is 1. The average molecular weight is 497 g/mol. The molecule has 11 heteroatoms. The molecule has 4 heterocycles. The molecule has 5 rings (SSSR count). The van der Waals surface area contributed by atoms with Gasteiger partial charge in [-0.3, -0.25) is 14.5 Å². The summed E-state index contributed by atoms with van der Waals surface area (Å²) < 4.78 is 18.2. The molecule has 1 aromatic carbocycles. The smallest absolute Gasteiger partial charge is 0.309 e. The summed E-state index contributed by atoms with van der Waals surface area (Å²) >= 11 is 0. The zero-order valence-electron chi connectivity index (χ0n) is 20.7. The number of carbonyl (C=O) groups excluding carboxylic acids is 1. The Labute approximate surface area is 208 Å². The van der Waals surface area contributed by atoms with Gasteiger partial charge < -0.3 is 19.2 Å². The van der Waals surface area contributed by atoms with Crippen molar-refractivity contribution in [1.82, 2.24) is 30.1 Å². The first kappa shape index (κ1) is 24.4. The Hall–Kier alpha value is -3.31. The van der Waals surface area contributed by atoms with Gasteiger partial charge in [0.15, 0.2) is 5.82 Å². The highest BCUT2D eigenvalue weighted by molar-refractivity contribution is 5.80. The van der Waals surface area contributed by atoms with Gasteiger partial charge in [0.25, 0.3) is 5.56 Å². The number of esters is 1. The molecule has 0 aliphatic carbocycles. The minimum Gasteiger partial charge on any atom is -0.497 e. The van der Waals surface area contributed by atoms with Gasteiger partial charge in [-0.05, 0) is 67.3 Å². The fourth-order valence-corrected chi connectivity index (χ4v) is 5.20. The van der Waals surface area contributed by atoms with Gasteiger partial charge in [0.2, 0.25) is 0 Å². The molecule has 2 atom stereocenters. The van der Waals surface area contributed by atoms with Crippen molar-refractivity contribution in [2.45, 2.75) is 51.3 Å². The van der Waals surface area contributed by atoms with Gasteiger partial charge in [-0.1, -0.05) is 0 Å². The molecule has 0 saturated carbocycles. The van der Waals surface area contributed by atoms with Crippen LogP contribution in [0.15, 0.2) is 29.1 Å². The lowest BCUT2D eigenvalue weighted by Gasteiger charge is -2.36. The first-order valence-electron chi connectivity index (χ1n) is 12.6. The Morgan fingerprint density at radius 3 is 2.81 bits per heavy atom. The molecule has 2 aliphatic rings. The second-order valence-electron chi connectivity index (χ2n) is 9.33. The number of hydrogen-bond acceptors (Lipinski definition) is 9. The van der Waals surface area contributed by atoms with Crippen LogP contribution in [0.4, 0.5) is 0 Å². The highest BCUT2D eigenvalue weighted by atomic mass is 16.5. The number of aromatic nitrogens is 5. The number of pyridine rings is 1. The summed E-state index contributed by atoms with van der Waals surface area (Å²) in [5.41, 5.74) is 1.08. The van der Waals surface area contributed by atoms with Gasteiger partial charge >= 0.3 is 5.97 Å². The highest BCUT2D eigenvalue weighted by Crippen LogP contribution is 2.32. The minimum atomic E-state index is -0.483. The van der Waals surface area contributed by atoms with Crippen molar-refractivity contribution in [3.8, 4) is 5.75 Å². The number of nitrogens with one attached hydrogen (secondary N) is 1. The van der Waals surface area contributed by atoms with Crippen LogP contribution in [0.5, 0.6) is 5.75 Å². The van der Waals surface area contributed by atoms with E-state index in [9.17, 15) is 9.59 Å². The molecule has 3 aromatic rings. The fraction of sp³-hybridized carbons (Fsp3) is 0.560. The van der Waals surface area contributed by atoms with Gasteiger partial charge in [0.05, 0.1) is 32.3 Å². The molecular formula is C25H32N6O5. The van der Waals surface area contributed by atoms with E-state index in [1.807, 2.05) is 31.2 Å². The molecule has 2 aromatic heterocycles. The van der Waals surface area contributed by atoms with Crippen molar-refractivity contribution in [3.63, 3.8) is 0 Å². The third-order valence-corrected chi connectivity index (χ3v) is 7.09. The van der Waals surface area contributed by atoms with Crippen LogP contribution in [0.1, 0.15) is 50.0 Å². The van der Waals surface area contributed by atoms with E-state index in [0.29, 0.717) is 56.2 Å². The van der Waals surface area contributed by atoms with Crippen molar-refractivity contribution < 1.29 is 19.0 Å². The number of carbonyl (C=O) groups is 1. The van der Waals surface area contributed by atoms with Crippen LogP contribution in [0.25, 0.3) is 10.9 Å². The number of methoxy groups -OCH3 is 1. The van der Waals surface area contributed by atoms with E-state index in [-0.39, 0.29) is 23.6 Å². The number of fused-ring (bicyclic) bond motifs is 1. The summed E-state index contributed by atoms with van der Waals surface area (Å²) in [4.78, 5) is 30.9. The molecule has 36 heavy (non-hydrogen) atoms. The van der Waals surface area contributed by atoms with Crippen molar-refractivity contribution in [1.29, 1.82) is 0 Å². The van der Waals surface area contributed by atoms with Crippen LogP contribution in [-0.4, -0.2) is 75.6 Å². The predicted octanol–water partition coefficient (Wildman–Crippen LogP) is 2.07. The second kappa shape index (κ2) is 10.8. The predicted molar refractivity (Wildman–Crippen MR) is 131 cm³/mol. The summed E-state index contributed by atoms with van der Waals surface area (Å²) in [6, 6.07) is 6.96. The van der Waals surface area contributed by atoms with Crippen LogP contribution >= 0.6 is 0 Å². The topological polar surface area (TPSA) is 124 Å². The maximum atomic E-state index is 13.4. The standard InChI is InChI=1S/C25H32N6O5/c1-3-35-25(33)16-8-10-30(11-9-16)22(23-27-28-29-31(23)15-19-5-4-12-36-19)20-14-17-13-18(34-2)6-7-21(17)26-24(20)32/h6-7,13-14,16,19,22H,3-5,8-12,15H2,1-2H3,(H,26,32). The average Bonchev–Trinajstić information content (AvgIpc) is 3.58. The van der Waals surface area contributed by atoms with E-state index < -0.39 is 6.04 Å². The molecule has 0 radical (unpaired) electrons. The van der Waals surface area contributed by atoms with E-state index in [2.05, 4.69) is 25.4 Å². The van der Waals surface area contributed by atoms with Crippen LogP contribution in [0, 0.1) is 5.92 Å². The molecule has 2 aliphatic heterocycles. The summed E-state index contributed by atoms with van der Waals surface area (Å²) in [5, 5.41) is 13.5. The van der Waals surface area contributed by atoms with E-state index in [0.717, 1.165) is 30.4 Å². The van der Waals surface area contributed by atoms with Crippen LogP contribution < -0.4 is 10.3 Å². The zero-order chi connectivity index (χ0) is 25.1. The summed E-state index contributed by atoms with van der Waals surface area (Å²) in [6.07, 6.45) is 3.29. The van der Waals surface area contributed by atoms with Crippen molar-refractivity contribution in [2.75, 3.05) is 33.4 Å². The molecular weight excluding hydrogens is 464 g/mol. The summed E-state index contributed by atoms with van der Waals surface area (Å²) in [7, 11) is 1.61. The van der Waals surface area contributed by atoms with Gasteiger partial charge in [0, 0.05) is 36.2 Å². The number of H-pyrrole nitrogens is 1. The van der Waals surface area contributed by atoms with Crippen molar-refractivity contribution in [2.24, 2.45) is 5.92 Å². The number of rotatable bonds is 8. The van der Waals surface area contributed by atoms with Gasteiger partial charge in [0.1, 0.15) is 11.8 Å². The third-order valence-electron chi connectivity index (χ3n) is 7.09. The first-order chi connectivity index (χ1) is 17.6. The molecule has 2 fully saturated rings. The molecule has 2 saturated heterocycles. The highest BCUT2D eigenvalue weighted by Gasteiger charge is 2.35. The molecule has 0 spiro atoms. The largest absolute Gasteiger partial charge is 0.497 e. The summed E-state index contributed by atoms with van der Waals surface area (Å²) in [5.74, 6) is 0.986. The number of benzene rings is 1. The van der Waals surface area contributed by atoms with Crippen LogP contribution in [0.3, 0.4) is 0 Å². The number of tetrazole rings is 1. The quantitative estimate of drug-likeness (QED) is 0.467. The van der Waals surface area contributed by atoms with E-state index in [1.54, 1.807) is 11.8 Å². The van der Waals surface area contributed by atoms with Gasteiger partial charge in [-0.25, -0.2) is 4.68 Å². The Morgan fingerprint density at radius 2 is 2.08 bits per heavy atom. The number of hydrogen-bond donors (Lipinski definition) is 1. The first-order valence-corrected chi connectivity index (χ1v) is 12.6. The number of nitrogens with zero attached hydrogens (tertiary/aromatic N) is 5. The molecule has 192 valence electrons. The third kappa shape index (κ3) is 4.98. The molecule has 0 bridgehead atoms. The maximum absolute atomic E-state index is 13.4. The number of ether oxygens (including phenoxy) is 3. The second-order valence-corrected chi connectivity index (χ2v) is 9.33. The van der Waals surface area contributed by atoms with E-state index in [4.69, 9.17) is 14.2 Å². The van der Waals surface area contributed by atoms with Gasteiger partial charge in [-0.2, -0.15) is 0 Å². The Balaban J connectivity index is 1.52. The number of piperidine rings is 1. The number of aromatic amines is 1. The van der Waals surface area contributed by atoms with E-state index in [1.165, 1.54) is 0 Å². The molecule has 2 unspecified atom stereocenters. The lowest BCUT2D eigenvalue weighted by molar-refractivity contribution is -0.149. The SMILES string of the molecule is CCOC(=O)C1CCN(C(c2cc3cc(OC)ccc3[nH]c2=O)c2nnnn2CC2CCCO2)CC1. The van der Waals surface area contributed by atoms with Gasteiger partial charge in [-0.15, -0.1) is 5.10 Å². The zero-order valence-corrected chi connectivity index (χ0v) is 20.7. The van der Waals surface area contributed by atoms with Crippen LogP contribution in [0.2, 0.25) is 0 Å². The van der Waals surface area contributed by atoms with Crippen molar-refractivity contribution in [3.05, 3.63) is 46.0 Å². The van der Waals surface area contributed by atoms with Crippen molar-refractivity contribution >= 4 is 16.9 Å². The Morgan fingerprint density at radius 1 is 1.25 bits per heavy atom. The normalized spacial score (nSPS) is 20.0. The molecule has 11 nitrogen and oxygen atoms in total. The monoisotopic (exact) mass is 496 g/mol. The maximum Gasteiger partial charge on any atom is 0.309 e. The molecule has 0 amide bonds.